The summed E-state index contributed by atoms with van der Waals surface area (Å²) in [5, 5.41) is 8.58. The predicted octanol–water partition coefficient (Wildman–Crippen LogP) is 2.06. The molecule has 0 radical (unpaired) electrons. The van der Waals surface area contributed by atoms with Crippen LogP contribution in [0.5, 0.6) is 0 Å². The molecule has 104 valence electrons. The summed E-state index contributed by atoms with van der Waals surface area (Å²) in [6.45, 7) is 6.01. The van der Waals surface area contributed by atoms with Crippen LogP contribution in [0.25, 0.3) is 0 Å². The summed E-state index contributed by atoms with van der Waals surface area (Å²) in [7, 11) is 0. The van der Waals surface area contributed by atoms with Crippen molar-refractivity contribution in [3.05, 3.63) is 0 Å². The maximum Gasteiger partial charge on any atom is 0.410 e. The SMILES string of the molecule is CC(C)(C)OC(=O)N1CCC(C(F)C(=O)O)CC1. The summed E-state index contributed by atoms with van der Waals surface area (Å²) >= 11 is 0. The number of hydrogen-bond donors (Lipinski definition) is 1. The summed E-state index contributed by atoms with van der Waals surface area (Å²) in [5.74, 6) is -1.94. The first-order chi connectivity index (χ1) is 8.20. The van der Waals surface area contributed by atoms with Crippen LogP contribution >= 0.6 is 0 Å². The fourth-order valence-electron chi connectivity index (χ4n) is 1.90. The molecule has 0 aromatic rings. The molecule has 0 saturated carbocycles. The number of aliphatic carboxylic acids is 1. The number of carbonyl (C=O) groups is 2. The first kappa shape index (κ1) is 14.7. The Balaban J connectivity index is 2.44. The van der Waals surface area contributed by atoms with Crippen LogP contribution < -0.4 is 0 Å². The van der Waals surface area contributed by atoms with Gasteiger partial charge in [0.05, 0.1) is 0 Å². The van der Waals surface area contributed by atoms with Crippen molar-refractivity contribution < 1.29 is 23.8 Å². The van der Waals surface area contributed by atoms with Gasteiger partial charge in [-0.15, -0.1) is 0 Å². The number of amides is 1. The molecular formula is C12H20FNO4. The molecule has 1 fully saturated rings. The summed E-state index contributed by atoms with van der Waals surface area (Å²) in [4.78, 5) is 23.7. The minimum Gasteiger partial charge on any atom is -0.479 e. The smallest absolute Gasteiger partial charge is 0.410 e. The van der Waals surface area contributed by atoms with Crippen molar-refractivity contribution >= 4 is 12.1 Å². The molecular weight excluding hydrogens is 241 g/mol. The second-order valence-electron chi connectivity index (χ2n) is 5.54. The lowest BCUT2D eigenvalue weighted by atomic mass is 9.92. The van der Waals surface area contributed by atoms with Crippen LogP contribution in [0.15, 0.2) is 0 Å². The van der Waals surface area contributed by atoms with Gasteiger partial charge in [-0.1, -0.05) is 0 Å². The number of ether oxygens (including phenoxy) is 1. The molecule has 0 aliphatic carbocycles. The fraction of sp³-hybridized carbons (Fsp3) is 0.833. The average Bonchev–Trinajstić information content (AvgIpc) is 2.26. The topological polar surface area (TPSA) is 66.8 Å². The first-order valence-corrected chi connectivity index (χ1v) is 6.05. The highest BCUT2D eigenvalue weighted by atomic mass is 19.1. The summed E-state index contributed by atoms with van der Waals surface area (Å²) in [6, 6.07) is 0. The van der Waals surface area contributed by atoms with Crippen molar-refractivity contribution in [2.45, 2.75) is 45.4 Å². The molecule has 0 bridgehead atoms. The van der Waals surface area contributed by atoms with E-state index in [4.69, 9.17) is 9.84 Å². The molecule has 18 heavy (non-hydrogen) atoms. The van der Waals surface area contributed by atoms with Crippen molar-refractivity contribution in [3.8, 4) is 0 Å². The molecule has 5 nitrogen and oxygen atoms in total. The van der Waals surface area contributed by atoms with Crippen LogP contribution in [0.1, 0.15) is 33.6 Å². The largest absolute Gasteiger partial charge is 0.479 e. The van der Waals surface area contributed by atoms with Gasteiger partial charge >= 0.3 is 12.1 Å². The quantitative estimate of drug-likeness (QED) is 0.826. The van der Waals surface area contributed by atoms with E-state index in [-0.39, 0.29) is 0 Å². The zero-order chi connectivity index (χ0) is 13.9. The van der Waals surface area contributed by atoms with Crippen LogP contribution in [0.4, 0.5) is 9.18 Å². The maximum atomic E-state index is 13.3. The normalized spacial score (nSPS) is 19.4. The zero-order valence-corrected chi connectivity index (χ0v) is 11.0. The Kier molecular flexibility index (Phi) is 4.53. The first-order valence-electron chi connectivity index (χ1n) is 6.05. The number of likely N-dealkylation sites (tertiary alicyclic amines) is 1. The van der Waals surface area contributed by atoms with Crippen LogP contribution in [-0.4, -0.2) is 46.9 Å². The molecule has 1 aliphatic rings. The molecule has 1 atom stereocenters. The Labute approximate surface area is 106 Å². The molecule has 1 saturated heterocycles. The van der Waals surface area contributed by atoms with E-state index >= 15 is 0 Å². The molecule has 6 heteroatoms. The predicted molar refractivity (Wildman–Crippen MR) is 63.1 cm³/mol. The van der Waals surface area contributed by atoms with E-state index in [1.54, 1.807) is 20.8 Å². The third-order valence-corrected chi connectivity index (χ3v) is 2.84. The average molecular weight is 261 g/mol. The molecule has 0 aromatic carbocycles. The molecule has 1 heterocycles. The summed E-state index contributed by atoms with van der Waals surface area (Å²) < 4.78 is 18.5. The number of piperidine rings is 1. The number of carboxylic acids is 1. The zero-order valence-electron chi connectivity index (χ0n) is 11.0. The van der Waals surface area contributed by atoms with Gasteiger partial charge in [-0.05, 0) is 33.6 Å². The van der Waals surface area contributed by atoms with Gasteiger partial charge in [-0.2, -0.15) is 0 Å². The summed E-state index contributed by atoms with van der Waals surface area (Å²) in [5.41, 5.74) is -0.558. The van der Waals surface area contributed by atoms with Gasteiger partial charge in [-0.3, -0.25) is 0 Å². The molecule has 0 spiro atoms. The van der Waals surface area contributed by atoms with Gasteiger partial charge < -0.3 is 14.7 Å². The highest BCUT2D eigenvalue weighted by Crippen LogP contribution is 2.24. The van der Waals surface area contributed by atoms with E-state index in [9.17, 15) is 14.0 Å². The van der Waals surface area contributed by atoms with Gasteiger partial charge in [0, 0.05) is 19.0 Å². The van der Waals surface area contributed by atoms with Crippen LogP contribution in [0, 0.1) is 5.92 Å². The van der Waals surface area contributed by atoms with Crippen molar-refractivity contribution in [3.63, 3.8) is 0 Å². The minimum absolute atomic E-state index is 0.341. The van der Waals surface area contributed by atoms with Crippen molar-refractivity contribution in [2.24, 2.45) is 5.92 Å². The molecule has 0 aromatic heterocycles. The van der Waals surface area contributed by atoms with E-state index in [0.29, 0.717) is 25.9 Å². The second-order valence-corrected chi connectivity index (χ2v) is 5.54. The number of carboxylic acid groups (broad SMARTS) is 1. The second kappa shape index (κ2) is 5.54. The van der Waals surface area contributed by atoms with Crippen LogP contribution in [-0.2, 0) is 9.53 Å². The van der Waals surface area contributed by atoms with E-state index in [1.807, 2.05) is 0 Å². The van der Waals surface area contributed by atoms with Gasteiger partial charge in [0.1, 0.15) is 5.60 Å². The Hall–Kier alpha value is -1.33. The molecule has 1 amide bonds. The van der Waals surface area contributed by atoms with E-state index < -0.39 is 29.8 Å². The molecule has 1 N–H and O–H groups in total. The molecule has 1 rings (SSSR count). The number of carbonyl (C=O) groups excluding carboxylic acids is 1. The van der Waals surface area contributed by atoms with E-state index in [0.717, 1.165) is 0 Å². The standard InChI is InChI=1S/C12H20FNO4/c1-12(2,3)18-11(17)14-6-4-8(5-7-14)9(13)10(15)16/h8-9H,4-7H2,1-3H3,(H,15,16). The van der Waals surface area contributed by atoms with E-state index in [1.165, 1.54) is 4.90 Å². The summed E-state index contributed by atoms with van der Waals surface area (Å²) in [6.07, 6.45) is -1.56. The highest BCUT2D eigenvalue weighted by Gasteiger charge is 2.33. The van der Waals surface area contributed by atoms with Crippen LogP contribution in [0.3, 0.4) is 0 Å². The number of halogens is 1. The number of nitrogens with zero attached hydrogens (tertiary/aromatic N) is 1. The maximum absolute atomic E-state index is 13.3. The molecule has 1 aliphatic heterocycles. The lowest BCUT2D eigenvalue weighted by Gasteiger charge is -2.33. The van der Waals surface area contributed by atoms with Gasteiger partial charge in [0.15, 0.2) is 6.17 Å². The molecule has 1 unspecified atom stereocenters. The monoisotopic (exact) mass is 261 g/mol. The lowest BCUT2D eigenvalue weighted by Crippen LogP contribution is -2.44. The third-order valence-electron chi connectivity index (χ3n) is 2.84. The van der Waals surface area contributed by atoms with Crippen LogP contribution in [0.2, 0.25) is 0 Å². The van der Waals surface area contributed by atoms with Gasteiger partial charge in [-0.25, -0.2) is 14.0 Å². The number of hydrogen-bond acceptors (Lipinski definition) is 3. The number of alkyl halides is 1. The van der Waals surface area contributed by atoms with Gasteiger partial charge in [0.25, 0.3) is 0 Å². The Morgan fingerprint density at radius 3 is 2.22 bits per heavy atom. The van der Waals surface area contributed by atoms with Crippen molar-refractivity contribution in [1.29, 1.82) is 0 Å². The van der Waals surface area contributed by atoms with Gasteiger partial charge in [0.2, 0.25) is 0 Å². The number of rotatable bonds is 2. The fourth-order valence-corrected chi connectivity index (χ4v) is 1.90. The van der Waals surface area contributed by atoms with E-state index in [2.05, 4.69) is 0 Å². The highest BCUT2D eigenvalue weighted by molar-refractivity contribution is 5.72. The Bertz CT molecular complexity index is 319. The third kappa shape index (κ3) is 4.16. The van der Waals surface area contributed by atoms with Crippen molar-refractivity contribution in [2.75, 3.05) is 13.1 Å². The Morgan fingerprint density at radius 2 is 1.83 bits per heavy atom. The Morgan fingerprint density at radius 1 is 1.33 bits per heavy atom. The minimum atomic E-state index is -1.84. The lowest BCUT2D eigenvalue weighted by molar-refractivity contribution is -0.145. The van der Waals surface area contributed by atoms with Crippen molar-refractivity contribution in [1.82, 2.24) is 4.90 Å².